The lowest BCUT2D eigenvalue weighted by atomic mass is 9.92. The summed E-state index contributed by atoms with van der Waals surface area (Å²) >= 11 is 1.51. The monoisotopic (exact) mass is 190 g/mol. The van der Waals surface area contributed by atoms with Gasteiger partial charge in [-0.3, -0.25) is 0 Å². The summed E-state index contributed by atoms with van der Waals surface area (Å²) < 4.78 is 4.37. The van der Waals surface area contributed by atoms with Crippen molar-refractivity contribution in [3.63, 3.8) is 0 Å². The van der Waals surface area contributed by atoms with Gasteiger partial charge in [-0.2, -0.15) is 0 Å². The molecular formula is C10H10N2S. The molecular weight excluding hydrogens is 180 g/mol. The van der Waals surface area contributed by atoms with Gasteiger partial charge in [-0.1, -0.05) is 6.08 Å². The highest BCUT2D eigenvalue weighted by atomic mass is 32.2. The van der Waals surface area contributed by atoms with Gasteiger partial charge in [0.25, 0.3) is 0 Å². The van der Waals surface area contributed by atoms with E-state index in [1.54, 1.807) is 0 Å². The molecule has 1 atom stereocenters. The van der Waals surface area contributed by atoms with Gasteiger partial charge in [0.2, 0.25) is 0 Å². The average Bonchev–Trinajstić information content (AvgIpc) is 2.65. The van der Waals surface area contributed by atoms with Crippen molar-refractivity contribution < 1.29 is 0 Å². The van der Waals surface area contributed by atoms with E-state index in [0.29, 0.717) is 5.92 Å². The Bertz CT molecular complexity index is 363. The van der Waals surface area contributed by atoms with Gasteiger partial charge in [0.05, 0.1) is 5.71 Å². The third kappa shape index (κ3) is 1.07. The quantitative estimate of drug-likeness (QED) is 0.591. The minimum Gasteiger partial charge on any atom is -0.387 e. The Morgan fingerprint density at radius 3 is 3.46 bits per heavy atom. The smallest absolute Gasteiger partial charge is 0.0804 e. The van der Waals surface area contributed by atoms with Crippen LogP contribution in [0, 0.1) is 5.92 Å². The van der Waals surface area contributed by atoms with Crippen LogP contribution < -0.4 is 5.32 Å². The summed E-state index contributed by atoms with van der Waals surface area (Å²) in [5, 5.41) is 5.49. The Morgan fingerprint density at radius 2 is 2.46 bits per heavy atom. The number of allylic oxidation sites excluding steroid dienone is 4. The predicted molar refractivity (Wildman–Crippen MR) is 56.4 cm³/mol. The highest BCUT2D eigenvalue weighted by Gasteiger charge is 2.26. The van der Waals surface area contributed by atoms with Crippen molar-refractivity contribution in [2.24, 2.45) is 10.3 Å². The van der Waals surface area contributed by atoms with Crippen molar-refractivity contribution in [3.05, 3.63) is 34.9 Å². The van der Waals surface area contributed by atoms with Crippen LogP contribution in [0.3, 0.4) is 0 Å². The first-order valence-electron chi connectivity index (χ1n) is 4.52. The van der Waals surface area contributed by atoms with E-state index in [9.17, 15) is 0 Å². The molecule has 0 aromatic rings. The maximum Gasteiger partial charge on any atom is 0.0804 e. The zero-order chi connectivity index (χ0) is 8.67. The van der Waals surface area contributed by atoms with Crippen molar-refractivity contribution in [1.82, 2.24) is 5.32 Å². The second kappa shape index (κ2) is 2.77. The number of hydrogen-bond donors (Lipinski definition) is 1. The van der Waals surface area contributed by atoms with Gasteiger partial charge in [0.1, 0.15) is 0 Å². The molecule has 0 aromatic carbocycles. The van der Waals surface area contributed by atoms with Gasteiger partial charge < -0.3 is 5.32 Å². The van der Waals surface area contributed by atoms with E-state index in [4.69, 9.17) is 0 Å². The first kappa shape index (κ1) is 7.44. The maximum absolute atomic E-state index is 4.37. The second-order valence-electron chi connectivity index (χ2n) is 3.39. The summed E-state index contributed by atoms with van der Waals surface area (Å²) in [6.07, 6.45) is 7.80. The van der Waals surface area contributed by atoms with Gasteiger partial charge in [-0.15, -0.1) is 0 Å². The fraction of sp³-hybridized carbons (Fsp3) is 0.300. The van der Waals surface area contributed by atoms with Crippen LogP contribution in [0.2, 0.25) is 0 Å². The molecule has 2 nitrogen and oxygen atoms in total. The molecule has 13 heavy (non-hydrogen) atoms. The Kier molecular flexibility index (Phi) is 1.59. The van der Waals surface area contributed by atoms with Crippen LogP contribution in [0.5, 0.6) is 0 Å². The van der Waals surface area contributed by atoms with Crippen molar-refractivity contribution in [3.8, 4) is 0 Å². The number of fused-ring (bicyclic) bond motifs is 2. The van der Waals surface area contributed by atoms with Gasteiger partial charge in [-0.05, 0) is 24.0 Å². The predicted octanol–water partition coefficient (Wildman–Crippen LogP) is 2.04. The van der Waals surface area contributed by atoms with Crippen LogP contribution in [-0.2, 0) is 0 Å². The number of nitrogens with one attached hydrogen (secondary N) is 1. The number of nitrogens with zero attached hydrogens (tertiary/aromatic N) is 1. The second-order valence-corrected chi connectivity index (χ2v) is 4.06. The van der Waals surface area contributed by atoms with E-state index in [-0.39, 0.29) is 0 Å². The average molecular weight is 190 g/mol. The summed E-state index contributed by atoms with van der Waals surface area (Å²) in [6.45, 7) is 1.10. The van der Waals surface area contributed by atoms with E-state index >= 15 is 0 Å². The van der Waals surface area contributed by atoms with E-state index in [2.05, 4.69) is 27.9 Å². The molecule has 0 radical (unpaired) electrons. The van der Waals surface area contributed by atoms with Crippen molar-refractivity contribution >= 4 is 17.7 Å². The Labute approximate surface area is 81.6 Å². The lowest BCUT2D eigenvalue weighted by Gasteiger charge is -2.18. The van der Waals surface area contributed by atoms with Gasteiger partial charge in [-0.25, -0.2) is 4.40 Å². The Morgan fingerprint density at radius 1 is 1.46 bits per heavy atom. The van der Waals surface area contributed by atoms with Gasteiger partial charge in [0.15, 0.2) is 0 Å². The fourth-order valence-corrected chi connectivity index (χ4v) is 2.53. The minimum atomic E-state index is 0.613. The zero-order valence-electron chi connectivity index (χ0n) is 7.16. The molecule has 1 aliphatic carbocycles. The molecule has 0 spiro atoms. The molecule has 1 unspecified atom stereocenters. The molecule has 1 N–H and O–H groups in total. The highest BCUT2D eigenvalue weighted by molar-refractivity contribution is 8.01. The van der Waals surface area contributed by atoms with Crippen LogP contribution in [0.4, 0.5) is 0 Å². The Hall–Kier alpha value is -0.960. The summed E-state index contributed by atoms with van der Waals surface area (Å²) in [4.78, 5) is 0. The largest absolute Gasteiger partial charge is 0.387 e. The first-order chi connectivity index (χ1) is 6.45. The third-order valence-corrected chi connectivity index (χ3v) is 3.20. The van der Waals surface area contributed by atoms with Crippen LogP contribution in [-0.4, -0.2) is 12.3 Å². The topological polar surface area (TPSA) is 24.4 Å². The lowest BCUT2D eigenvalue weighted by Crippen LogP contribution is -2.17. The van der Waals surface area contributed by atoms with Gasteiger partial charge in [0, 0.05) is 35.7 Å². The molecule has 0 aromatic heterocycles. The van der Waals surface area contributed by atoms with Crippen LogP contribution in [0.15, 0.2) is 39.3 Å². The molecule has 2 aliphatic heterocycles. The molecule has 2 heterocycles. The van der Waals surface area contributed by atoms with E-state index in [0.717, 1.165) is 12.3 Å². The fourth-order valence-electron chi connectivity index (χ4n) is 2.00. The molecule has 0 saturated carbocycles. The van der Waals surface area contributed by atoms with E-state index in [1.165, 1.54) is 29.6 Å². The standard InChI is InChI=1S/C10H10N2S/c1-2-9-8(4-6-13-12-9)10-7(1)3-5-11-10/h1-2,4,6-7,11H,3,5H2. The van der Waals surface area contributed by atoms with Crippen LogP contribution >= 0.6 is 11.9 Å². The third-order valence-electron chi connectivity index (χ3n) is 2.64. The summed E-state index contributed by atoms with van der Waals surface area (Å²) in [5.74, 6) is 0.613. The molecule has 3 rings (SSSR count). The van der Waals surface area contributed by atoms with Crippen molar-refractivity contribution in [1.29, 1.82) is 0 Å². The molecule has 66 valence electrons. The first-order valence-corrected chi connectivity index (χ1v) is 5.36. The van der Waals surface area contributed by atoms with E-state index < -0.39 is 0 Å². The SMILES string of the molecule is C1=CC2=C3NCCC3C=CC2=NS1. The lowest BCUT2D eigenvalue weighted by molar-refractivity contribution is 0.792. The number of rotatable bonds is 0. The van der Waals surface area contributed by atoms with Gasteiger partial charge >= 0.3 is 0 Å². The molecule has 0 bridgehead atoms. The van der Waals surface area contributed by atoms with Crippen LogP contribution in [0.1, 0.15) is 6.42 Å². The number of hydrogen-bond acceptors (Lipinski definition) is 3. The van der Waals surface area contributed by atoms with Crippen molar-refractivity contribution in [2.75, 3.05) is 6.54 Å². The highest BCUT2D eigenvalue weighted by Crippen LogP contribution is 2.32. The molecule has 1 saturated heterocycles. The summed E-state index contributed by atoms with van der Waals surface area (Å²) in [5.41, 5.74) is 3.79. The normalized spacial score (nSPS) is 29.5. The van der Waals surface area contributed by atoms with E-state index in [1.807, 2.05) is 5.41 Å². The van der Waals surface area contributed by atoms with Crippen molar-refractivity contribution in [2.45, 2.75) is 6.42 Å². The maximum atomic E-state index is 4.37. The summed E-state index contributed by atoms with van der Waals surface area (Å²) in [6, 6.07) is 0. The molecule has 3 aliphatic rings. The molecule has 3 heteroatoms. The minimum absolute atomic E-state index is 0.613. The summed E-state index contributed by atoms with van der Waals surface area (Å²) in [7, 11) is 0. The zero-order valence-corrected chi connectivity index (χ0v) is 7.97. The van der Waals surface area contributed by atoms with Crippen LogP contribution in [0.25, 0.3) is 0 Å². The molecule has 1 fully saturated rings. The molecule has 0 amide bonds. The Balaban J connectivity index is 2.12.